The van der Waals surface area contributed by atoms with Crippen molar-refractivity contribution < 1.29 is 13.9 Å². The highest BCUT2D eigenvalue weighted by Gasteiger charge is 2.15. The second kappa shape index (κ2) is 8.46. The van der Waals surface area contributed by atoms with Crippen LogP contribution in [0.2, 0.25) is 0 Å². The van der Waals surface area contributed by atoms with E-state index in [1.807, 2.05) is 0 Å². The van der Waals surface area contributed by atoms with E-state index in [1.54, 1.807) is 12.1 Å². The number of hydrogen-bond donors (Lipinski definition) is 2. The van der Waals surface area contributed by atoms with E-state index in [-0.39, 0.29) is 5.56 Å². The fourth-order valence-electron chi connectivity index (χ4n) is 2.29. The van der Waals surface area contributed by atoms with Gasteiger partial charge in [0.25, 0.3) is 5.91 Å². The summed E-state index contributed by atoms with van der Waals surface area (Å²) in [4.78, 5) is 11.9. The molecule has 1 amide bonds. The number of amides is 1. The van der Waals surface area contributed by atoms with Gasteiger partial charge in [0, 0.05) is 17.6 Å². The Morgan fingerprint density at radius 2 is 2.19 bits per heavy atom. The normalized spacial score (nSPS) is 15.9. The summed E-state index contributed by atoms with van der Waals surface area (Å²) >= 11 is 3.19. The fourth-order valence-corrected chi connectivity index (χ4v) is 2.81. The van der Waals surface area contributed by atoms with Crippen LogP contribution < -0.4 is 10.6 Å². The first-order valence-electron chi connectivity index (χ1n) is 7.23. The van der Waals surface area contributed by atoms with Crippen LogP contribution >= 0.6 is 15.9 Å². The molecule has 0 unspecified atom stereocenters. The summed E-state index contributed by atoms with van der Waals surface area (Å²) in [7, 11) is 0. The summed E-state index contributed by atoms with van der Waals surface area (Å²) in [6.07, 6.45) is 3.12. The molecule has 1 heterocycles. The third-order valence-corrected chi connectivity index (χ3v) is 4.10. The molecule has 0 aliphatic carbocycles. The molecule has 1 aliphatic heterocycles. The number of hydrogen-bond acceptors (Lipinski definition) is 3. The lowest BCUT2D eigenvalue weighted by atomic mass is 10.1. The minimum Gasteiger partial charge on any atom is -0.378 e. The molecule has 1 aromatic rings. The van der Waals surface area contributed by atoms with E-state index in [0.29, 0.717) is 23.7 Å². The number of nitrogens with one attached hydrogen (secondary N) is 2. The third kappa shape index (κ3) is 5.05. The summed E-state index contributed by atoms with van der Waals surface area (Å²) in [6.45, 7) is 3.10. The van der Waals surface area contributed by atoms with Crippen LogP contribution in [0.1, 0.15) is 29.6 Å². The molecule has 1 aliphatic rings. The molecule has 0 bridgehead atoms. The van der Waals surface area contributed by atoms with Crippen LogP contribution in [-0.2, 0) is 4.74 Å². The molecule has 6 heteroatoms. The predicted octanol–water partition coefficient (Wildman–Crippen LogP) is 2.48. The lowest BCUT2D eigenvalue weighted by molar-refractivity contribution is 0.0317. The zero-order chi connectivity index (χ0) is 15.1. The van der Waals surface area contributed by atoms with E-state index in [0.717, 1.165) is 32.4 Å². The molecule has 0 saturated carbocycles. The van der Waals surface area contributed by atoms with E-state index in [4.69, 9.17) is 4.74 Å². The first-order valence-corrected chi connectivity index (χ1v) is 8.02. The van der Waals surface area contributed by atoms with Crippen LogP contribution in [0.5, 0.6) is 0 Å². The second-order valence-electron chi connectivity index (χ2n) is 5.03. The van der Waals surface area contributed by atoms with Crippen molar-refractivity contribution in [1.82, 2.24) is 10.6 Å². The van der Waals surface area contributed by atoms with Crippen LogP contribution in [0.3, 0.4) is 0 Å². The SMILES string of the molecule is O=C(NCCCOC1CCNCC1)c1c(F)cccc1Br. The predicted molar refractivity (Wildman–Crippen MR) is 82.9 cm³/mol. The van der Waals surface area contributed by atoms with Crippen molar-refractivity contribution in [2.24, 2.45) is 0 Å². The van der Waals surface area contributed by atoms with Crippen LogP contribution in [-0.4, -0.2) is 38.3 Å². The number of carbonyl (C=O) groups excluding carboxylic acids is 1. The van der Waals surface area contributed by atoms with Crippen LogP contribution in [0, 0.1) is 5.82 Å². The van der Waals surface area contributed by atoms with E-state index in [2.05, 4.69) is 26.6 Å². The van der Waals surface area contributed by atoms with Crippen molar-refractivity contribution in [3.05, 3.63) is 34.1 Å². The summed E-state index contributed by atoms with van der Waals surface area (Å²) in [5.41, 5.74) is 0.0526. The van der Waals surface area contributed by atoms with Gasteiger partial charge in [-0.25, -0.2) is 4.39 Å². The van der Waals surface area contributed by atoms with E-state index >= 15 is 0 Å². The quantitative estimate of drug-likeness (QED) is 0.768. The van der Waals surface area contributed by atoms with Gasteiger partial charge in [-0.2, -0.15) is 0 Å². The molecule has 21 heavy (non-hydrogen) atoms. The summed E-state index contributed by atoms with van der Waals surface area (Å²) in [5, 5.41) is 6.00. The molecule has 1 fully saturated rings. The maximum atomic E-state index is 13.6. The van der Waals surface area contributed by atoms with Crippen LogP contribution in [0.15, 0.2) is 22.7 Å². The fraction of sp³-hybridized carbons (Fsp3) is 0.533. The maximum absolute atomic E-state index is 13.6. The van der Waals surface area contributed by atoms with Gasteiger partial charge in [0.2, 0.25) is 0 Å². The van der Waals surface area contributed by atoms with Gasteiger partial charge in [-0.05, 0) is 60.4 Å². The Labute approximate surface area is 132 Å². The Morgan fingerprint density at radius 3 is 2.90 bits per heavy atom. The van der Waals surface area contributed by atoms with Crippen molar-refractivity contribution in [2.75, 3.05) is 26.2 Å². The molecule has 116 valence electrons. The van der Waals surface area contributed by atoms with Crippen molar-refractivity contribution in [3.8, 4) is 0 Å². The van der Waals surface area contributed by atoms with Gasteiger partial charge in [-0.3, -0.25) is 4.79 Å². The Morgan fingerprint density at radius 1 is 1.43 bits per heavy atom. The maximum Gasteiger partial charge on any atom is 0.255 e. The number of benzene rings is 1. The Hall–Kier alpha value is -0.980. The summed E-state index contributed by atoms with van der Waals surface area (Å²) in [5.74, 6) is -0.922. The van der Waals surface area contributed by atoms with Gasteiger partial charge in [-0.1, -0.05) is 6.07 Å². The highest BCUT2D eigenvalue weighted by molar-refractivity contribution is 9.10. The molecule has 0 aromatic heterocycles. The lowest BCUT2D eigenvalue weighted by Gasteiger charge is -2.22. The summed E-state index contributed by atoms with van der Waals surface area (Å²) < 4.78 is 19.8. The van der Waals surface area contributed by atoms with Gasteiger partial charge in [0.05, 0.1) is 11.7 Å². The van der Waals surface area contributed by atoms with Crippen LogP contribution in [0.4, 0.5) is 4.39 Å². The number of carbonyl (C=O) groups is 1. The zero-order valence-electron chi connectivity index (χ0n) is 11.8. The molecule has 0 radical (unpaired) electrons. The number of piperidine rings is 1. The Balaban J connectivity index is 1.67. The molecule has 2 N–H and O–H groups in total. The minimum absolute atomic E-state index is 0.0526. The monoisotopic (exact) mass is 358 g/mol. The van der Waals surface area contributed by atoms with Gasteiger partial charge in [0.15, 0.2) is 0 Å². The average Bonchev–Trinajstić information content (AvgIpc) is 2.48. The Bertz CT molecular complexity index is 458. The molecule has 1 saturated heterocycles. The van der Waals surface area contributed by atoms with E-state index in [9.17, 15) is 9.18 Å². The molecule has 2 rings (SSSR count). The van der Waals surface area contributed by atoms with Crippen molar-refractivity contribution in [3.63, 3.8) is 0 Å². The van der Waals surface area contributed by atoms with Gasteiger partial charge in [0.1, 0.15) is 5.82 Å². The van der Waals surface area contributed by atoms with Gasteiger partial charge in [-0.15, -0.1) is 0 Å². The second-order valence-corrected chi connectivity index (χ2v) is 5.88. The molecule has 0 atom stereocenters. The van der Waals surface area contributed by atoms with Gasteiger partial charge >= 0.3 is 0 Å². The largest absolute Gasteiger partial charge is 0.378 e. The first-order chi connectivity index (χ1) is 10.2. The minimum atomic E-state index is -0.521. The Kier molecular flexibility index (Phi) is 6.60. The molecule has 1 aromatic carbocycles. The highest BCUT2D eigenvalue weighted by Crippen LogP contribution is 2.19. The zero-order valence-corrected chi connectivity index (χ0v) is 13.4. The standard InChI is InChI=1S/C15H20BrFN2O2/c16-12-3-1-4-13(17)14(12)15(20)19-7-2-10-21-11-5-8-18-9-6-11/h1,3-4,11,18H,2,5-10H2,(H,19,20). The average molecular weight is 359 g/mol. The molecular weight excluding hydrogens is 339 g/mol. The number of ether oxygens (including phenoxy) is 1. The third-order valence-electron chi connectivity index (χ3n) is 3.44. The molecule has 0 spiro atoms. The van der Waals surface area contributed by atoms with E-state index in [1.165, 1.54) is 6.07 Å². The van der Waals surface area contributed by atoms with Crippen molar-refractivity contribution >= 4 is 21.8 Å². The van der Waals surface area contributed by atoms with E-state index < -0.39 is 11.7 Å². The van der Waals surface area contributed by atoms with Crippen LogP contribution in [0.25, 0.3) is 0 Å². The van der Waals surface area contributed by atoms with Crippen molar-refractivity contribution in [1.29, 1.82) is 0 Å². The number of halogens is 2. The summed E-state index contributed by atoms with van der Waals surface area (Å²) in [6, 6.07) is 4.49. The number of rotatable bonds is 6. The first kappa shape index (κ1) is 16.4. The lowest BCUT2D eigenvalue weighted by Crippen LogP contribution is -2.33. The topological polar surface area (TPSA) is 50.4 Å². The molecule has 4 nitrogen and oxygen atoms in total. The highest BCUT2D eigenvalue weighted by atomic mass is 79.9. The smallest absolute Gasteiger partial charge is 0.255 e. The van der Waals surface area contributed by atoms with Gasteiger partial charge < -0.3 is 15.4 Å². The van der Waals surface area contributed by atoms with Crippen molar-refractivity contribution in [2.45, 2.75) is 25.4 Å². The molecular formula is C15H20BrFN2O2.